The van der Waals surface area contributed by atoms with Gasteiger partial charge < -0.3 is 15.3 Å². The molecule has 0 spiro atoms. The van der Waals surface area contributed by atoms with Gasteiger partial charge in [0.05, 0.1) is 12.1 Å². The summed E-state index contributed by atoms with van der Waals surface area (Å²) >= 11 is 0. The zero-order chi connectivity index (χ0) is 18.0. The average molecular weight is 341 g/mol. The molecule has 0 unspecified atom stereocenters. The van der Waals surface area contributed by atoms with Gasteiger partial charge in [-0.15, -0.1) is 0 Å². The van der Waals surface area contributed by atoms with Crippen molar-refractivity contribution in [1.29, 1.82) is 0 Å². The topological polar surface area (TPSA) is 52.6 Å². The summed E-state index contributed by atoms with van der Waals surface area (Å²) in [6.07, 6.45) is 12.2. The Labute approximate surface area is 149 Å². The molecule has 2 N–H and O–H groups in total. The third kappa shape index (κ3) is 7.87. The van der Waals surface area contributed by atoms with Gasteiger partial charge in [-0.25, -0.2) is 4.79 Å². The van der Waals surface area contributed by atoms with E-state index in [0.717, 1.165) is 38.6 Å². The predicted molar refractivity (Wildman–Crippen MR) is 101 cm³/mol. The quantitative estimate of drug-likeness (QED) is 0.589. The molecule has 0 radical (unpaired) electrons. The highest BCUT2D eigenvalue weighted by atomic mass is 16.3. The van der Waals surface area contributed by atoms with Crippen LogP contribution in [-0.4, -0.2) is 40.3 Å². The van der Waals surface area contributed by atoms with Crippen molar-refractivity contribution in [3.05, 3.63) is 0 Å². The molecule has 1 rings (SSSR count). The molecule has 1 aliphatic rings. The molecule has 4 heteroatoms. The van der Waals surface area contributed by atoms with Gasteiger partial charge in [-0.2, -0.15) is 0 Å². The molecular formula is C20H40N2O2. The lowest BCUT2D eigenvalue weighted by Gasteiger charge is -2.38. The summed E-state index contributed by atoms with van der Waals surface area (Å²) in [6, 6.07) is -0.0930. The van der Waals surface area contributed by atoms with Gasteiger partial charge in [0.25, 0.3) is 0 Å². The molecular weight excluding hydrogens is 300 g/mol. The zero-order valence-corrected chi connectivity index (χ0v) is 16.4. The van der Waals surface area contributed by atoms with Crippen molar-refractivity contribution in [2.24, 2.45) is 0 Å². The molecule has 0 bridgehead atoms. The summed E-state index contributed by atoms with van der Waals surface area (Å²) in [7, 11) is 0. The third-order valence-electron chi connectivity index (χ3n) is 5.08. The number of carbonyl (C=O) groups is 1. The Balaban J connectivity index is 2.39. The van der Waals surface area contributed by atoms with Crippen LogP contribution in [0.3, 0.4) is 0 Å². The molecule has 1 aliphatic carbocycles. The fourth-order valence-electron chi connectivity index (χ4n) is 3.48. The van der Waals surface area contributed by atoms with Gasteiger partial charge in [0.2, 0.25) is 0 Å². The van der Waals surface area contributed by atoms with E-state index in [2.05, 4.69) is 33.0 Å². The van der Waals surface area contributed by atoms with Gasteiger partial charge in [0, 0.05) is 12.1 Å². The van der Waals surface area contributed by atoms with Gasteiger partial charge in [0.15, 0.2) is 0 Å². The van der Waals surface area contributed by atoms with E-state index in [-0.39, 0.29) is 23.7 Å². The largest absolute Gasteiger partial charge is 0.391 e. The fraction of sp³-hybridized carbons (Fsp3) is 0.950. The number of rotatable bonds is 9. The first-order valence-electron chi connectivity index (χ1n) is 10.1. The van der Waals surface area contributed by atoms with E-state index in [1.807, 2.05) is 4.90 Å². The first-order valence-corrected chi connectivity index (χ1v) is 10.1. The van der Waals surface area contributed by atoms with Crippen molar-refractivity contribution in [1.82, 2.24) is 10.2 Å². The van der Waals surface area contributed by atoms with Gasteiger partial charge in [-0.05, 0) is 40.0 Å². The Morgan fingerprint density at radius 2 is 1.62 bits per heavy atom. The first-order chi connectivity index (χ1) is 11.4. The molecule has 142 valence electrons. The summed E-state index contributed by atoms with van der Waals surface area (Å²) in [4.78, 5) is 14.7. The van der Waals surface area contributed by atoms with Gasteiger partial charge in [0.1, 0.15) is 0 Å². The van der Waals surface area contributed by atoms with Gasteiger partial charge >= 0.3 is 6.03 Å². The maximum Gasteiger partial charge on any atom is 0.318 e. The fourth-order valence-corrected chi connectivity index (χ4v) is 3.48. The van der Waals surface area contributed by atoms with Crippen LogP contribution < -0.4 is 5.32 Å². The van der Waals surface area contributed by atoms with E-state index in [4.69, 9.17) is 0 Å². The average Bonchev–Trinajstić information content (AvgIpc) is 2.51. The molecule has 2 atom stereocenters. The molecule has 0 aliphatic heterocycles. The number of nitrogens with one attached hydrogen (secondary N) is 1. The van der Waals surface area contributed by atoms with Crippen LogP contribution in [0.2, 0.25) is 0 Å². The highest BCUT2D eigenvalue weighted by molar-refractivity contribution is 5.75. The van der Waals surface area contributed by atoms with Crippen LogP contribution in [0.4, 0.5) is 4.79 Å². The first kappa shape index (κ1) is 21.3. The van der Waals surface area contributed by atoms with Crippen LogP contribution in [0.15, 0.2) is 0 Å². The van der Waals surface area contributed by atoms with Crippen LogP contribution in [-0.2, 0) is 0 Å². The van der Waals surface area contributed by atoms with Gasteiger partial charge in [-0.3, -0.25) is 0 Å². The molecule has 2 amide bonds. The van der Waals surface area contributed by atoms with E-state index in [9.17, 15) is 9.90 Å². The second-order valence-corrected chi connectivity index (χ2v) is 8.35. The molecule has 4 nitrogen and oxygen atoms in total. The van der Waals surface area contributed by atoms with Crippen LogP contribution in [0.1, 0.15) is 98.3 Å². The lowest BCUT2D eigenvalue weighted by molar-refractivity contribution is 0.0824. The van der Waals surface area contributed by atoms with Gasteiger partial charge in [-0.1, -0.05) is 58.3 Å². The lowest BCUT2D eigenvalue weighted by Crippen LogP contribution is -2.55. The number of aliphatic hydroxyl groups is 1. The van der Waals surface area contributed by atoms with E-state index in [1.54, 1.807) is 0 Å². The normalized spacial score (nSPS) is 21.5. The van der Waals surface area contributed by atoms with Crippen molar-refractivity contribution >= 4 is 6.03 Å². The second kappa shape index (κ2) is 11.0. The molecule has 0 heterocycles. The number of amides is 2. The van der Waals surface area contributed by atoms with Crippen molar-refractivity contribution in [2.75, 3.05) is 6.54 Å². The summed E-state index contributed by atoms with van der Waals surface area (Å²) in [5, 5.41) is 13.2. The molecule has 1 saturated carbocycles. The Morgan fingerprint density at radius 3 is 2.21 bits per heavy atom. The third-order valence-corrected chi connectivity index (χ3v) is 5.08. The van der Waals surface area contributed by atoms with Crippen LogP contribution in [0, 0.1) is 0 Å². The number of hydrogen-bond donors (Lipinski definition) is 2. The monoisotopic (exact) mass is 340 g/mol. The highest BCUT2D eigenvalue weighted by Gasteiger charge is 2.30. The van der Waals surface area contributed by atoms with Crippen LogP contribution in [0.25, 0.3) is 0 Å². The highest BCUT2D eigenvalue weighted by Crippen LogP contribution is 2.20. The number of aliphatic hydroxyl groups excluding tert-OH is 1. The number of carbonyl (C=O) groups excluding carboxylic acids is 1. The molecule has 0 aromatic carbocycles. The van der Waals surface area contributed by atoms with Crippen molar-refractivity contribution in [3.63, 3.8) is 0 Å². The van der Waals surface area contributed by atoms with E-state index < -0.39 is 0 Å². The van der Waals surface area contributed by atoms with Crippen molar-refractivity contribution < 1.29 is 9.90 Å². The molecule has 0 aromatic heterocycles. The van der Waals surface area contributed by atoms with Crippen molar-refractivity contribution in [2.45, 2.75) is 116 Å². The predicted octanol–water partition coefficient (Wildman–Crippen LogP) is 4.85. The minimum atomic E-state index is -0.386. The minimum absolute atomic E-state index is 0.0144. The van der Waals surface area contributed by atoms with Crippen molar-refractivity contribution in [3.8, 4) is 0 Å². The SMILES string of the molecule is CCCCCCCCCN(C(=O)N[C@H]1CCCC[C@@H]1O)C(C)(C)C. The number of nitrogens with zero attached hydrogens (tertiary/aromatic N) is 1. The molecule has 0 saturated heterocycles. The maximum absolute atomic E-state index is 12.7. The Morgan fingerprint density at radius 1 is 1.04 bits per heavy atom. The smallest absolute Gasteiger partial charge is 0.318 e. The van der Waals surface area contributed by atoms with E-state index in [1.165, 1.54) is 38.5 Å². The summed E-state index contributed by atoms with van der Waals surface area (Å²) in [5.41, 5.74) is -0.189. The summed E-state index contributed by atoms with van der Waals surface area (Å²) in [6.45, 7) is 9.30. The number of unbranched alkanes of at least 4 members (excludes halogenated alkanes) is 6. The molecule has 1 fully saturated rings. The lowest BCUT2D eigenvalue weighted by atomic mass is 9.92. The summed E-state index contributed by atoms with van der Waals surface area (Å²) in [5.74, 6) is 0. The zero-order valence-electron chi connectivity index (χ0n) is 16.4. The number of urea groups is 1. The molecule has 24 heavy (non-hydrogen) atoms. The minimum Gasteiger partial charge on any atom is -0.391 e. The van der Waals surface area contributed by atoms with Crippen LogP contribution in [0.5, 0.6) is 0 Å². The summed E-state index contributed by atoms with van der Waals surface area (Å²) < 4.78 is 0. The maximum atomic E-state index is 12.7. The van der Waals surface area contributed by atoms with Crippen LogP contribution >= 0.6 is 0 Å². The Kier molecular flexibility index (Phi) is 9.72. The Hall–Kier alpha value is -0.770. The molecule has 0 aromatic rings. The Bertz CT molecular complexity index is 352. The van der Waals surface area contributed by atoms with E-state index >= 15 is 0 Å². The second-order valence-electron chi connectivity index (χ2n) is 8.35. The van der Waals surface area contributed by atoms with E-state index in [0.29, 0.717) is 0 Å². The standard InChI is InChI=1S/C20H40N2O2/c1-5-6-7-8-9-10-13-16-22(20(2,3)4)19(24)21-17-14-11-12-15-18(17)23/h17-18,23H,5-16H2,1-4H3,(H,21,24)/t17-,18-/m0/s1. The number of hydrogen-bond acceptors (Lipinski definition) is 2.